The van der Waals surface area contributed by atoms with E-state index in [1.54, 1.807) is 0 Å². The quantitative estimate of drug-likeness (QED) is 0.668. The smallest absolute Gasteiger partial charge is 0.0376 e. The summed E-state index contributed by atoms with van der Waals surface area (Å²) >= 11 is 0. The summed E-state index contributed by atoms with van der Waals surface area (Å²) in [5, 5.41) is 0. The van der Waals surface area contributed by atoms with E-state index in [0.717, 1.165) is 5.92 Å². The Morgan fingerprint density at radius 3 is 1.95 bits per heavy atom. The van der Waals surface area contributed by atoms with Crippen molar-refractivity contribution in [1.82, 2.24) is 4.90 Å². The Morgan fingerprint density at radius 2 is 1.45 bits per heavy atom. The molecular formula is C19H33N. The zero-order valence-corrected chi connectivity index (χ0v) is 13.9. The SMILES string of the molecule is CC.CCC(CC)C(c1ccccc1)N1CCCCC1. The highest BCUT2D eigenvalue weighted by molar-refractivity contribution is 5.20. The van der Waals surface area contributed by atoms with Gasteiger partial charge in [-0.3, -0.25) is 4.90 Å². The van der Waals surface area contributed by atoms with Crippen LogP contribution in [0.4, 0.5) is 0 Å². The lowest BCUT2D eigenvalue weighted by molar-refractivity contribution is 0.111. The minimum absolute atomic E-state index is 0.640. The Bertz CT molecular complexity index is 323. The van der Waals surface area contributed by atoms with Crippen molar-refractivity contribution < 1.29 is 0 Å². The first-order valence-corrected chi connectivity index (χ1v) is 8.65. The minimum Gasteiger partial charge on any atom is -0.296 e. The topological polar surface area (TPSA) is 3.24 Å². The third-order valence-corrected chi connectivity index (χ3v) is 4.42. The summed E-state index contributed by atoms with van der Waals surface area (Å²) in [6.07, 6.45) is 6.74. The zero-order chi connectivity index (χ0) is 14.8. The Morgan fingerprint density at radius 1 is 0.900 bits per heavy atom. The van der Waals surface area contributed by atoms with Gasteiger partial charge in [-0.15, -0.1) is 0 Å². The van der Waals surface area contributed by atoms with Crippen LogP contribution < -0.4 is 0 Å². The van der Waals surface area contributed by atoms with E-state index in [4.69, 9.17) is 0 Å². The molecule has 1 aromatic rings. The van der Waals surface area contributed by atoms with E-state index in [1.807, 2.05) is 13.8 Å². The summed E-state index contributed by atoms with van der Waals surface area (Å²) in [5.74, 6) is 0.797. The van der Waals surface area contributed by atoms with E-state index >= 15 is 0 Å². The van der Waals surface area contributed by atoms with Gasteiger partial charge in [0.25, 0.3) is 0 Å². The van der Waals surface area contributed by atoms with Crippen molar-refractivity contribution in [1.29, 1.82) is 0 Å². The van der Waals surface area contributed by atoms with Crippen LogP contribution in [0.3, 0.4) is 0 Å². The molecular weight excluding hydrogens is 242 g/mol. The molecule has 1 aliphatic heterocycles. The van der Waals surface area contributed by atoms with E-state index in [0.29, 0.717) is 6.04 Å². The number of piperidine rings is 1. The molecule has 0 N–H and O–H groups in total. The molecule has 0 aliphatic carbocycles. The third kappa shape index (κ3) is 4.63. The van der Waals surface area contributed by atoms with Gasteiger partial charge in [0.2, 0.25) is 0 Å². The van der Waals surface area contributed by atoms with Gasteiger partial charge in [-0.25, -0.2) is 0 Å². The maximum absolute atomic E-state index is 2.73. The Hall–Kier alpha value is -0.820. The van der Waals surface area contributed by atoms with Crippen LogP contribution in [0.2, 0.25) is 0 Å². The molecule has 1 aromatic carbocycles. The maximum Gasteiger partial charge on any atom is 0.0376 e. The minimum atomic E-state index is 0.640. The Balaban J connectivity index is 0.000000956. The standard InChI is InChI=1S/C17H27N.C2H6/c1-3-15(4-2)17(16-11-7-5-8-12-16)18-13-9-6-10-14-18;1-2/h5,7-8,11-12,15,17H,3-4,6,9-10,13-14H2,1-2H3;1-2H3. The van der Waals surface area contributed by atoms with Crippen molar-refractivity contribution >= 4 is 0 Å². The number of nitrogens with zero attached hydrogens (tertiary/aromatic N) is 1. The van der Waals surface area contributed by atoms with Crippen molar-refractivity contribution in [3.8, 4) is 0 Å². The van der Waals surface area contributed by atoms with E-state index in [1.165, 1.54) is 50.8 Å². The van der Waals surface area contributed by atoms with Gasteiger partial charge in [-0.1, -0.05) is 77.3 Å². The molecule has 0 aromatic heterocycles. The van der Waals surface area contributed by atoms with Gasteiger partial charge in [-0.2, -0.15) is 0 Å². The fourth-order valence-corrected chi connectivity index (χ4v) is 3.36. The van der Waals surface area contributed by atoms with E-state index in [9.17, 15) is 0 Å². The third-order valence-electron chi connectivity index (χ3n) is 4.42. The second-order valence-electron chi connectivity index (χ2n) is 5.53. The van der Waals surface area contributed by atoms with Gasteiger partial charge >= 0.3 is 0 Å². The number of rotatable bonds is 5. The Kier molecular flexibility index (Phi) is 8.60. The molecule has 0 saturated carbocycles. The summed E-state index contributed by atoms with van der Waals surface area (Å²) in [5.41, 5.74) is 1.52. The van der Waals surface area contributed by atoms with Crippen LogP contribution in [-0.2, 0) is 0 Å². The highest BCUT2D eigenvalue weighted by atomic mass is 15.2. The summed E-state index contributed by atoms with van der Waals surface area (Å²) in [7, 11) is 0. The molecule has 1 atom stereocenters. The lowest BCUT2D eigenvalue weighted by Crippen LogP contribution is -2.37. The van der Waals surface area contributed by atoms with Crippen LogP contribution in [-0.4, -0.2) is 18.0 Å². The Labute approximate surface area is 126 Å². The first kappa shape index (κ1) is 17.2. The van der Waals surface area contributed by atoms with Crippen LogP contribution in [0.5, 0.6) is 0 Å². The number of benzene rings is 1. The number of hydrogen-bond donors (Lipinski definition) is 0. The fourth-order valence-electron chi connectivity index (χ4n) is 3.36. The van der Waals surface area contributed by atoms with Crippen LogP contribution >= 0.6 is 0 Å². The van der Waals surface area contributed by atoms with Gasteiger partial charge in [0.15, 0.2) is 0 Å². The van der Waals surface area contributed by atoms with E-state index in [2.05, 4.69) is 49.1 Å². The average molecular weight is 275 g/mol. The van der Waals surface area contributed by atoms with Crippen molar-refractivity contribution in [2.75, 3.05) is 13.1 Å². The highest BCUT2D eigenvalue weighted by Gasteiger charge is 2.27. The van der Waals surface area contributed by atoms with Crippen LogP contribution in [0.1, 0.15) is 71.4 Å². The van der Waals surface area contributed by atoms with Gasteiger partial charge in [0, 0.05) is 6.04 Å². The number of likely N-dealkylation sites (tertiary alicyclic amines) is 1. The second-order valence-corrected chi connectivity index (χ2v) is 5.53. The molecule has 1 heterocycles. The molecule has 1 fully saturated rings. The lowest BCUT2D eigenvalue weighted by atomic mass is 9.86. The normalized spacial score (nSPS) is 17.4. The molecule has 0 bridgehead atoms. The molecule has 0 spiro atoms. The second kappa shape index (κ2) is 9.99. The molecule has 1 unspecified atom stereocenters. The maximum atomic E-state index is 2.73. The van der Waals surface area contributed by atoms with E-state index in [-0.39, 0.29) is 0 Å². The van der Waals surface area contributed by atoms with Crippen molar-refractivity contribution in [3.63, 3.8) is 0 Å². The van der Waals surface area contributed by atoms with Crippen molar-refractivity contribution in [3.05, 3.63) is 35.9 Å². The highest BCUT2D eigenvalue weighted by Crippen LogP contribution is 2.34. The first-order valence-electron chi connectivity index (χ1n) is 8.65. The molecule has 2 rings (SSSR count). The molecule has 1 saturated heterocycles. The van der Waals surface area contributed by atoms with Gasteiger partial charge in [0.1, 0.15) is 0 Å². The predicted molar refractivity (Wildman–Crippen MR) is 90.0 cm³/mol. The molecule has 114 valence electrons. The van der Waals surface area contributed by atoms with Gasteiger partial charge in [-0.05, 0) is 37.4 Å². The zero-order valence-electron chi connectivity index (χ0n) is 13.9. The van der Waals surface area contributed by atoms with Gasteiger partial charge < -0.3 is 0 Å². The molecule has 0 amide bonds. The van der Waals surface area contributed by atoms with Crippen molar-refractivity contribution in [2.45, 2.75) is 65.8 Å². The summed E-state index contributed by atoms with van der Waals surface area (Å²) in [6, 6.07) is 11.8. The molecule has 1 heteroatoms. The van der Waals surface area contributed by atoms with Gasteiger partial charge in [0.05, 0.1) is 0 Å². The molecule has 20 heavy (non-hydrogen) atoms. The fraction of sp³-hybridized carbons (Fsp3) is 0.684. The van der Waals surface area contributed by atoms with E-state index < -0.39 is 0 Å². The monoisotopic (exact) mass is 275 g/mol. The average Bonchev–Trinajstić information content (AvgIpc) is 2.56. The van der Waals surface area contributed by atoms with Crippen LogP contribution in [0.15, 0.2) is 30.3 Å². The lowest BCUT2D eigenvalue weighted by Gasteiger charge is -2.39. The molecule has 1 nitrogen and oxygen atoms in total. The van der Waals surface area contributed by atoms with Crippen LogP contribution in [0.25, 0.3) is 0 Å². The van der Waals surface area contributed by atoms with Crippen LogP contribution in [0, 0.1) is 5.92 Å². The largest absolute Gasteiger partial charge is 0.296 e. The summed E-state index contributed by atoms with van der Waals surface area (Å²) < 4.78 is 0. The van der Waals surface area contributed by atoms with Crippen molar-refractivity contribution in [2.24, 2.45) is 5.92 Å². The molecule has 0 radical (unpaired) electrons. The number of hydrogen-bond acceptors (Lipinski definition) is 1. The summed E-state index contributed by atoms with van der Waals surface area (Å²) in [4.78, 5) is 2.73. The first-order chi connectivity index (χ1) is 9.86. The predicted octanol–water partition coefficient (Wildman–Crippen LogP) is 5.68. The molecule has 1 aliphatic rings. The summed E-state index contributed by atoms with van der Waals surface area (Å²) in [6.45, 7) is 11.3.